The lowest BCUT2D eigenvalue weighted by Gasteiger charge is -2.42. The van der Waals surface area contributed by atoms with Gasteiger partial charge in [0.15, 0.2) is 0 Å². The van der Waals surface area contributed by atoms with Gasteiger partial charge in [0.1, 0.15) is 12.4 Å². The highest BCUT2D eigenvalue weighted by molar-refractivity contribution is 5.94. The van der Waals surface area contributed by atoms with E-state index in [0.717, 1.165) is 0 Å². The number of amides is 1. The van der Waals surface area contributed by atoms with Crippen LogP contribution in [0.3, 0.4) is 0 Å². The number of anilines is 1. The second-order valence-corrected chi connectivity index (χ2v) is 8.77. The molecule has 2 atom stereocenters. The van der Waals surface area contributed by atoms with Gasteiger partial charge in [0.25, 0.3) is 11.8 Å². The first-order valence-electron chi connectivity index (χ1n) is 11.0. The topological polar surface area (TPSA) is 71.0 Å². The summed E-state index contributed by atoms with van der Waals surface area (Å²) >= 11 is 0. The summed E-state index contributed by atoms with van der Waals surface area (Å²) in [6.45, 7) is 0.734. The molecule has 0 aromatic heterocycles. The number of halogens is 4. The van der Waals surface area contributed by atoms with Crippen molar-refractivity contribution < 1.29 is 36.9 Å². The van der Waals surface area contributed by atoms with E-state index < -0.39 is 37.2 Å². The number of nitrogens with one attached hydrogen (secondary N) is 1. The van der Waals surface area contributed by atoms with Crippen LogP contribution < -0.4 is 15.0 Å². The fourth-order valence-electron chi connectivity index (χ4n) is 4.24. The fraction of sp³-hybridized carbons (Fsp3) is 0.458. The van der Waals surface area contributed by atoms with E-state index in [1.165, 1.54) is 24.3 Å². The Morgan fingerprint density at radius 3 is 2.62 bits per heavy atom. The third-order valence-corrected chi connectivity index (χ3v) is 6.29. The maximum absolute atomic E-state index is 14.0. The third kappa shape index (κ3) is 4.97. The zero-order valence-corrected chi connectivity index (χ0v) is 18.7. The van der Waals surface area contributed by atoms with Gasteiger partial charge in [-0.2, -0.15) is 17.6 Å². The molecule has 0 bridgehead atoms. The third-order valence-electron chi connectivity index (χ3n) is 6.29. The fourth-order valence-corrected chi connectivity index (χ4v) is 4.24. The van der Waals surface area contributed by atoms with Gasteiger partial charge in [-0.05, 0) is 37.6 Å². The van der Waals surface area contributed by atoms with Gasteiger partial charge in [0.05, 0.1) is 18.8 Å². The van der Waals surface area contributed by atoms with Gasteiger partial charge in [0.2, 0.25) is 0 Å². The Labute approximate surface area is 194 Å². The van der Waals surface area contributed by atoms with E-state index in [2.05, 4.69) is 5.32 Å². The molecular weight excluding hydrogens is 456 g/mol. The number of hydrogen-bond donors (Lipinski definition) is 2. The first-order valence-corrected chi connectivity index (χ1v) is 11.0. The summed E-state index contributed by atoms with van der Waals surface area (Å²) in [6.07, 6.45) is -0.455. The molecule has 0 saturated carbocycles. The molecule has 2 N–H and O–H groups in total. The Hall–Kier alpha value is -2.85. The maximum atomic E-state index is 14.0. The van der Waals surface area contributed by atoms with Crippen LogP contribution in [0, 0.1) is 5.92 Å². The number of fused-ring (bicyclic) bond motifs is 1. The molecule has 4 rings (SSSR count). The van der Waals surface area contributed by atoms with Crippen molar-refractivity contribution in [3.8, 4) is 5.75 Å². The minimum absolute atomic E-state index is 0.0259. The largest absolute Gasteiger partial charge is 0.434 e. The molecular formula is C24H26F4N2O4. The van der Waals surface area contributed by atoms with Crippen molar-refractivity contribution in [1.82, 2.24) is 5.32 Å². The van der Waals surface area contributed by atoms with E-state index in [4.69, 9.17) is 9.47 Å². The summed E-state index contributed by atoms with van der Waals surface area (Å²) in [7, 11) is 0. The average Bonchev–Trinajstić information content (AvgIpc) is 2.71. The highest BCUT2D eigenvalue weighted by Crippen LogP contribution is 2.37. The predicted molar refractivity (Wildman–Crippen MR) is 116 cm³/mol. The SMILES string of the molecule is C[C@H](NC(=O)c1ccc2c(c1)COCC2(F)F)c1ccc(N2CC([C@@H](C)O)C2)cc1OC(F)F. The minimum atomic E-state index is -3.12. The number of ether oxygens (including phenoxy) is 2. The first kappa shape index (κ1) is 24.3. The summed E-state index contributed by atoms with van der Waals surface area (Å²) in [5.74, 6) is -3.62. The van der Waals surface area contributed by atoms with E-state index >= 15 is 0 Å². The molecule has 2 aromatic rings. The van der Waals surface area contributed by atoms with Crippen molar-refractivity contribution in [2.24, 2.45) is 5.92 Å². The lowest BCUT2D eigenvalue weighted by Crippen LogP contribution is -2.51. The van der Waals surface area contributed by atoms with E-state index in [0.29, 0.717) is 24.3 Å². The van der Waals surface area contributed by atoms with Gasteiger partial charge >= 0.3 is 6.61 Å². The quantitative estimate of drug-likeness (QED) is 0.579. The van der Waals surface area contributed by atoms with Crippen LogP contribution in [0.5, 0.6) is 5.75 Å². The highest BCUT2D eigenvalue weighted by Gasteiger charge is 2.38. The van der Waals surface area contributed by atoms with Gasteiger partial charge in [0, 0.05) is 47.5 Å². The number of benzene rings is 2. The lowest BCUT2D eigenvalue weighted by atomic mass is 9.93. The van der Waals surface area contributed by atoms with Gasteiger partial charge in [-0.15, -0.1) is 0 Å². The summed E-state index contributed by atoms with van der Waals surface area (Å²) in [6, 6.07) is 8.01. The number of alkyl halides is 4. The highest BCUT2D eigenvalue weighted by atomic mass is 19.3. The Bertz CT molecular complexity index is 1060. The summed E-state index contributed by atoms with van der Waals surface area (Å²) in [4.78, 5) is 14.7. The number of carbonyl (C=O) groups is 1. The molecule has 0 unspecified atom stereocenters. The molecule has 1 amide bonds. The van der Waals surface area contributed by atoms with Crippen molar-refractivity contribution in [2.45, 2.75) is 45.1 Å². The van der Waals surface area contributed by atoms with Crippen molar-refractivity contribution >= 4 is 11.6 Å². The predicted octanol–water partition coefficient (Wildman–Crippen LogP) is 4.22. The summed E-state index contributed by atoms with van der Waals surface area (Å²) in [5, 5.41) is 12.4. The van der Waals surface area contributed by atoms with Crippen molar-refractivity contribution in [3.05, 3.63) is 58.7 Å². The molecule has 184 valence electrons. The number of aliphatic hydroxyl groups excluding tert-OH is 1. The van der Waals surface area contributed by atoms with Gasteiger partial charge in [-0.3, -0.25) is 4.79 Å². The van der Waals surface area contributed by atoms with Crippen LogP contribution >= 0.6 is 0 Å². The lowest BCUT2D eigenvalue weighted by molar-refractivity contribution is -0.103. The summed E-state index contributed by atoms with van der Waals surface area (Å²) < 4.78 is 63.8. The number of rotatable bonds is 7. The average molecular weight is 482 g/mol. The molecule has 2 aliphatic heterocycles. The Morgan fingerprint density at radius 1 is 1.21 bits per heavy atom. The van der Waals surface area contributed by atoms with Crippen LogP contribution in [-0.2, 0) is 17.3 Å². The van der Waals surface area contributed by atoms with Crippen LogP contribution in [0.4, 0.5) is 23.2 Å². The number of carbonyl (C=O) groups excluding carboxylic acids is 1. The van der Waals surface area contributed by atoms with Crippen LogP contribution in [0.2, 0.25) is 0 Å². The van der Waals surface area contributed by atoms with Gasteiger partial charge in [-0.1, -0.05) is 12.1 Å². The van der Waals surface area contributed by atoms with Crippen molar-refractivity contribution in [3.63, 3.8) is 0 Å². The molecule has 10 heteroatoms. The molecule has 1 saturated heterocycles. The van der Waals surface area contributed by atoms with Crippen LogP contribution in [0.1, 0.15) is 46.9 Å². The van der Waals surface area contributed by atoms with Crippen molar-refractivity contribution in [1.29, 1.82) is 0 Å². The normalized spacial score (nSPS) is 19.2. The second kappa shape index (κ2) is 9.42. The molecule has 34 heavy (non-hydrogen) atoms. The minimum Gasteiger partial charge on any atom is -0.434 e. The standard InChI is InChI=1S/C24H26F4N2O4/c1-13(29-22(32)15-3-6-20-16(7-15)11-33-12-24(20,27)28)19-5-4-18(8-21(19)34-23(25)26)30-9-17(10-30)14(2)31/h3-8,13-14,17,23,31H,9-12H2,1-2H3,(H,29,32)/t13-,14+/m0/s1. The first-order chi connectivity index (χ1) is 16.0. The van der Waals surface area contributed by atoms with E-state index in [9.17, 15) is 27.5 Å². The van der Waals surface area contributed by atoms with Crippen LogP contribution in [0.15, 0.2) is 36.4 Å². The zero-order chi connectivity index (χ0) is 24.6. The number of aliphatic hydroxyl groups is 1. The van der Waals surface area contributed by atoms with E-state index in [1.54, 1.807) is 26.0 Å². The zero-order valence-electron chi connectivity index (χ0n) is 18.7. The Kier molecular flexibility index (Phi) is 6.73. The van der Waals surface area contributed by atoms with Crippen LogP contribution in [-0.4, -0.2) is 43.4 Å². The Balaban J connectivity index is 1.51. The number of nitrogens with zero attached hydrogens (tertiary/aromatic N) is 1. The smallest absolute Gasteiger partial charge is 0.387 e. The molecule has 2 aliphatic rings. The maximum Gasteiger partial charge on any atom is 0.387 e. The monoisotopic (exact) mass is 482 g/mol. The van der Waals surface area contributed by atoms with Gasteiger partial charge in [-0.25, -0.2) is 0 Å². The molecule has 2 aromatic carbocycles. The van der Waals surface area contributed by atoms with Gasteiger partial charge < -0.3 is 24.8 Å². The number of hydrogen-bond acceptors (Lipinski definition) is 5. The second-order valence-electron chi connectivity index (χ2n) is 8.77. The molecule has 0 spiro atoms. The van der Waals surface area contributed by atoms with Crippen LogP contribution in [0.25, 0.3) is 0 Å². The molecule has 1 fully saturated rings. The molecule has 6 nitrogen and oxygen atoms in total. The molecule has 0 radical (unpaired) electrons. The van der Waals surface area contributed by atoms with Crippen molar-refractivity contribution in [2.75, 3.05) is 24.6 Å². The molecule has 2 heterocycles. The summed E-state index contributed by atoms with van der Waals surface area (Å²) in [5.41, 5.74) is 1.23. The Morgan fingerprint density at radius 2 is 1.94 bits per heavy atom. The van der Waals surface area contributed by atoms with E-state index in [-0.39, 0.29) is 35.0 Å². The molecule has 0 aliphatic carbocycles. The van der Waals surface area contributed by atoms with E-state index in [1.807, 2.05) is 4.90 Å².